The quantitative estimate of drug-likeness (QED) is 0.781. The average molecular weight is 342 g/mol. The first kappa shape index (κ1) is 19.4. The van der Waals surface area contributed by atoms with Crippen molar-refractivity contribution in [2.75, 3.05) is 26.7 Å². The van der Waals surface area contributed by atoms with Gasteiger partial charge < -0.3 is 9.64 Å². The highest BCUT2D eigenvalue weighted by Gasteiger charge is 2.18. The number of hydrogen-bond donors (Lipinski definition) is 1. The second-order valence-corrected chi connectivity index (χ2v) is 7.62. The number of hydrogen-bond acceptors (Lipinski definition) is 4. The van der Waals surface area contributed by atoms with E-state index in [1.54, 1.807) is 24.0 Å². The maximum absolute atomic E-state index is 12.4. The number of aryl methyl sites for hydroxylation is 1. The molecule has 0 fully saturated rings. The molecule has 0 heterocycles. The van der Waals surface area contributed by atoms with Crippen LogP contribution in [-0.4, -0.2) is 46.0 Å². The molecule has 0 radical (unpaired) electrons. The van der Waals surface area contributed by atoms with Crippen LogP contribution < -0.4 is 9.46 Å². The lowest BCUT2D eigenvalue weighted by Crippen LogP contribution is -2.39. The molecule has 1 N–H and O–H groups in total. The summed E-state index contributed by atoms with van der Waals surface area (Å²) in [6.45, 7) is 8.38. The van der Waals surface area contributed by atoms with Gasteiger partial charge in [0.15, 0.2) is 0 Å². The molecule has 6 nitrogen and oxygen atoms in total. The molecule has 1 amide bonds. The van der Waals surface area contributed by atoms with Gasteiger partial charge in [-0.3, -0.25) is 4.79 Å². The zero-order valence-corrected chi connectivity index (χ0v) is 15.2. The molecule has 0 aliphatic rings. The number of ether oxygens (including phenoxy) is 1. The van der Waals surface area contributed by atoms with Crippen molar-refractivity contribution in [1.82, 2.24) is 9.62 Å². The van der Waals surface area contributed by atoms with Crippen molar-refractivity contribution in [3.63, 3.8) is 0 Å². The predicted octanol–water partition coefficient (Wildman–Crippen LogP) is 1.79. The number of carbonyl (C=O) groups is 1. The Bertz CT molecular complexity index is 641. The van der Waals surface area contributed by atoms with Crippen molar-refractivity contribution in [3.05, 3.63) is 23.8 Å². The lowest BCUT2D eigenvalue weighted by atomic mass is 10.2. The van der Waals surface area contributed by atoms with Crippen LogP contribution in [0.5, 0.6) is 5.75 Å². The number of benzene rings is 1. The summed E-state index contributed by atoms with van der Waals surface area (Å²) in [5.74, 6) is 0.888. The summed E-state index contributed by atoms with van der Waals surface area (Å²) < 4.78 is 32.4. The summed E-state index contributed by atoms with van der Waals surface area (Å²) in [7, 11) is -2.08. The second kappa shape index (κ2) is 8.31. The molecule has 0 unspecified atom stereocenters. The molecule has 1 aromatic rings. The highest BCUT2D eigenvalue weighted by Crippen LogP contribution is 2.20. The third-order valence-corrected chi connectivity index (χ3v) is 5.00. The third kappa shape index (κ3) is 5.84. The van der Waals surface area contributed by atoms with Gasteiger partial charge in [-0.25, -0.2) is 13.1 Å². The largest absolute Gasteiger partial charge is 0.497 e. The summed E-state index contributed by atoms with van der Waals surface area (Å²) in [6.07, 6.45) is 0. The van der Waals surface area contributed by atoms with E-state index in [1.807, 2.05) is 13.8 Å². The first-order chi connectivity index (χ1) is 10.7. The lowest BCUT2D eigenvalue weighted by Gasteiger charge is -2.23. The summed E-state index contributed by atoms with van der Waals surface area (Å²) >= 11 is 0. The van der Waals surface area contributed by atoms with E-state index in [4.69, 9.17) is 4.74 Å². The second-order valence-electron chi connectivity index (χ2n) is 5.89. The van der Waals surface area contributed by atoms with E-state index >= 15 is 0 Å². The van der Waals surface area contributed by atoms with Crippen LogP contribution in [0.2, 0.25) is 0 Å². The lowest BCUT2D eigenvalue weighted by molar-refractivity contribution is -0.129. The van der Waals surface area contributed by atoms with Crippen molar-refractivity contribution < 1.29 is 17.9 Å². The Balaban J connectivity index is 2.74. The molecule has 23 heavy (non-hydrogen) atoms. The van der Waals surface area contributed by atoms with Crippen LogP contribution >= 0.6 is 0 Å². The minimum atomic E-state index is -3.61. The normalized spacial score (nSPS) is 11.6. The van der Waals surface area contributed by atoms with Gasteiger partial charge in [-0.2, -0.15) is 0 Å². The fourth-order valence-corrected chi connectivity index (χ4v) is 3.51. The maximum atomic E-state index is 12.4. The van der Waals surface area contributed by atoms with E-state index < -0.39 is 10.0 Å². The van der Waals surface area contributed by atoms with E-state index in [0.717, 1.165) is 0 Å². The Morgan fingerprint density at radius 3 is 2.48 bits per heavy atom. The van der Waals surface area contributed by atoms with E-state index in [2.05, 4.69) is 4.72 Å². The number of nitrogens with zero attached hydrogens (tertiary/aromatic N) is 1. The van der Waals surface area contributed by atoms with E-state index in [9.17, 15) is 13.2 Å². The zero-order valence-electron chi connectivity index (χ0n) is 14.4. The average Bonchev–Trinajstić information content (AvgIpc) is 2.44. The van der Waals surface area contributed by atoms with Crippen molar-refractivity contribution in [2.45, 2.75) is 32.6 Å². The van der Waals surface area contributed by atoms with Crippen LogP contribution in [0.25, 0.3) is 0 Å². The van der Waals surface area contributed by atoms with Crippen LogP contribution in [0, 0.1) is 12.8 Å². The first-order valence-electron chi connectivity index (χ1n) is 7.57. The van der Waals surface area contributed by atoms with Crippen LogP contribution in [-0.2, 0) is 14.8 Å². The van der Waals surface area contributed by atoms with Gasteiger partial charge in [-0.05, 0) is 36.6 Å². The van der Waals surface area contributed by atoms with Crippen molar-refractivity contribution in [3.8, 4) is 5.75 Å². The SMILES string of the molecule is COc1ccc(S(=O)(=O)NCCN(CC(C)C)C(C)=O)c(C)c1. The Labute approximate surface area is 138 Å². The molecular formula is C16H26N2O4S. The fourth-order valence-electron chi connectivity index (χ4n) is 2.26. The Hall–Kier alpha value is -1.60. The number of sulfonamides is 1. The van der Waals surface area contributed by atoms with Crippen molar-refractivity contribution in [1.29, 1.82) is 0 Å². The van der Waals surface area contributed by atoms with Gasteiger partial charge in [-0.15, -0.1) is 0 Å². The maximum Gasteiger partial charge on any atom is 0.240 e. The zero-order chi connectivity index (χ0) is 17.6. The molecule has 0 aliphatic carbocycles. The molecular weight excluding hydrogens is 316 g/mol. The van der Waals surface area contributed by atoms with E-state index in [1.165, 1.54) is 20.1 Å². The first-order valence-corrected chi connectivity index (χ1v) is 9.05. The van der Waals surface area contributed by atoms with E-state index in [-0.39, 0.29) is 17.3 Å². The molecule has 1 aromatic carbocycles. The molecule has 1 rings (SSSR count). The van der Waals surface area contributed by atoms with Gasteiger partial charge in [0.2, 0.25) is 15.9 Å². The highest BCUT2D eigenvalue weighted by atomic mass is 32.2. The summed E-state index contributed by atoms with van der Waals surface area (Å²) in [4.78, 5) is 13.4. The van der Waals surface area contributed by atoms with Crippen LogP contribution in [0.1, 0.15) is 26.3 Å². The molecule has 0 atom stereocenters. The number of nitrogens with one attached hydrogen (secondary N) is 1. The molecule has 0 bridgehead atoms. The van der Waals surface area contributed by atoms with Crippen LogP contribution in [0.4, 0.5) is 0 Å². The molecule has 7 heteroatoms. The minimum Gasteiger partial charge on any atom is -0.497 e. The third-order valence-electron chi connectivity index (χ3n) is 3.38. The smallest absolute Gasteiger partial charge is 0.240 e. The van der Waals surface area contributed by atoms with Gasteiger partial charge in [0.05, 0.1) is 12.0 Å². The molecule has 0 saturated heterocycles. The van der Waals surface area contributed by atoms with Gasteiger partial charge >= 0.3 is 0 Å². The predicted molar refractivity (Wildman–Crippen MR) is 90.0 cm³/mol. The molecule has 130 valence electrons. The minimum absolute atomic E-state index is 0.0569. The molecule has 0 spiro atoms. The Kier molecular flexibility index (Phi) is 7.02. The standard InChI is InChI=1S/C16H26N2O4S/c1-12(2)11-18(14(4)19)9-8-17-23(20,21)16-7-6-15(22-5)10-13(16)3/h6-7,10,12,17H,8-9,11H2,1-5H3. The monoisotopic (exact) mass is 342 g/mol. The Morgan fingerprint density at radius 2 is 2.00 bits per heavy atom. The van der Waals surface area contributed by atoms with Crippen LogP contribution in [0.3, 0.4) is 0 Å². The van der Waals surface area contributed by atoms with Crippen molar-refractivity contribution >= 4 is 15.9 Å². The number of amides is 1. The number of carbonyl (C=O) groups excluding carboxylic acids is 1. The topological polar surface area (TPSA) is 75.7 Å². The van der Waals surface area contributed by atoms with Gasteiger partial charge in [0, 0.05) is 26.6 Å². The van der Waals surface area contributed by atoms with Gasteiger partial charge in [-0.1, -0.05) is 13.8 Å². The van der Waals surface area contributed by atoms with Crippen LogP contribution in [0.15, 0.2) is 23.1 Å². The molecule has 0 aromatic heterocycles. The summed E-state index contributed by atoms with van der Waals surface area (Å²) in [6, 6.07) is 4.81. The van der Waals surface area contributed by atoms with Gasteiger partial charge in [0.1, 0.15) is 5.75 Å². The fraction of sp³-hybridized carbons (Fsp3) is 0.562. The summed E-state index contributed by atoms with van der Waals surface area (Å²) in [5.41, 5.74) is 0.613. The number of methoxy groups -OCH3 is 1. The summed E-state index contributed by atoms with van der Waals surface area (Å²) in [5, 5.41) is 0. The highest BCUT2D eigenvalue weighted by molar-refractivity contribution is 7.89. The molecule has 0 saturated carbocycles. The molecule has 0 aliphatic heterocycles. The van der Waals surface area contributed by atoms with E-state index in [0.29, 0.717) is 30.3 Å². The van der Waals surface area contributed by atoms with Gasteiger partial charge in [0.25, 0.3) is 0 Å². The number of rotatable bonds is 8. The van der Waals surface area contributed by atoms with Crippen molar-refractivity contribution in [2.24, 2.45) is 5.92 Å². The Morgan fingerprint density at radius 1 is 1.35 bits per heavy atom.